The number of hydrogen-bond donors (Lipinski definition) is 0. The first-order chi connectivity index (χ1) is 23.1. The highest BCUT2D eigenvalue weighted by molar-refractivity contribution is 7.21. The number of rotatable bonds is 10. The summed E-state index contributed by atoms with van der Waals surface area (Å²) in [6.07, 6.45) is 6.46. The van der Waals surface area contributed by atoms with Crippen LogP contribution in [0.15, 0.2) is 40.2 Å². The van der Waals surface area contributed by atoms with Crippen LogP contribution >= 0.6 is 11.3 Å². The number of halogens is 1. The molecule has 2 fully saturated rings. The predicted octanol–water partition coefficient (Wildman–Crippen LogP) is 4.67. The Morgan fingerprint density at radius 1 is 1.10 bits per heavy atom. The number of amides is 1. The van der Waals surface area contributed by atoms with E-state index in [2.05, 4.69) is 10.2 Å². The fourth-order valence-corrected chi connectivity index (χ4v) is 8.12. The van der Waals surface area contributed by atoms with Crippen LogP contribution in [0.4, 0.5) is 4.39 Å². The molecule has 4 heterocycles. The molecule has 12 nitrogen and oxygen atoms in total. The number of thiophene rings is 1. The fraction of sp³-hybridized carbons (Fsp3) is 0.529. The second-order valence-electron chi connectivity index (χ2n) is 12.8. The number of aryl methyl sites for hydroxylation is 1. The molecule has 1 aromatic carbocycles. The lowest BCUT2D eigenvalue weighted by atomic mass is 9.94. The van der Waals surface area contributed by atoms with Crippen molar-refractivity contribution in [2.24, 2.45) is 0 Å². The lowest BCUT2D eigenvalue weighted by Crippen LogP contribution is -2.58. The van der Waals surface area contributed by atoms with Gasteiger partial charge in [0.2, 0.25) is 5.91 Å². The number of carbonyl (C=O) groups is 2. The van der Waals surface area contributed by atoms with Crippen molar-refractivity contribution in [2.75, 3.05) is 20.2 Å². The third kappa shape index (κ3) is 6.11. The maximum Gasteiger partial charge on any atom is 0.333 e. The highest BCUT2D eigenvalue weighted by Crippen LogP contribution is 2.36. The van der Waals surface area contributed by atoms with E-state index in [0.717, 1.165) is 23.8 Å². The van der Waals surface area contributed by atoms with E-state index in [1.54, 1.807) is 25.7 Å². The van der Waals surface area contributed by atoms with Crippen molar-refractivity contribution in [3.05, 3.63) is 68.4 Å². The molecule has 2 aliphatic rings. The molecular formula is C34H41FN6O6S. The Hall–Kier alpha value is -4.17. The summed E-state index contributed by atoms with van der Waals surface area (Å²) in [6.45, 7) is 6.23. The molecule has 1 amide bonds. The van der Waals surface area contributed by atoms with Crippen molar-refractivity contribution >= 4 is 33.2 Å². The average molecular weight is 681 g/mol. The van der Waals surface area contributed by atoms with Crippen molar-refractivity contribution in [2.45, 2.75) is 96.4 Å². The zero-order valence-electron chi connectivity index (χ0n) is 27.7. The van der Waals surface area contributed by atoms with Crippen LogP contribution < -0.4 is 16.0 Å². The van der Waals surface area contributed by atoms with Crippen molar-refractivity contribution in [3.8, 4) is 10.8 Å². The molecule has 1 unspecified atom stereocenters. The van der Waals surface area contributed by atoms with Crippen LogP contribution in [0.2, 0.25) is 0 Å². The number of piperidine rings is 1. The van der Waals surface area contributed by atoms with Crippen LogP contribution in [0.1, 0.15) is 82.4 Å². The minimum Gasteiger partial charge on any atom is -0.496 e. The third-order valence-corrected chi connectivity index (χ3v) is 11.1. The van der Waals surface area contributed by atoms with Crippen molar-refractivity contribution < 1.29 is 23.5 Å². The molecule has 48 heavy (non-hydrogen) atoms. The van der Waals surface area contributed by atoms with Crippen molar-refractivity contribution in [1.29, 1.82) is 0 Å². The molecule has 1 saturated heterocycles. The van der Waals surface area contributed by atoms with E-state index in [0.29, 0.717) is 65.5 Å². The summed E-state index contributed by atoms with van der Waals surface area (Å²) in [4.78, 5) is 59.2. The van der Waals surface area contributed by atoms with E-state index in [9.17, 15) is 23.6 Å². The van der Waals surface area contributed by atoms with Gasteiger partial charge in [-0.05, 0) is 70.6 Å². The summed E-state index contributed by atoms with van der Waals surface area (Å²) >= 11 is 1.18. The maximum absolute atomic E-state index is 14.8. The predicted molar refractivity (Wildman–Crippen MR) is 178 cm³/mol. The van der Waals surface area contributed by atoms with Gasteiger partial charge in [-0.2, -0.15) is 10.2 Å². The Morgan fingerprint density at radius 2 is 1.79 bits per heavy atom. The number of Topliss-reactive ketones (excluding diaryl/α,β-unsaturated/α-hetero) is 1. The molecule has 2 atom stereocenters. The second kappa shape index (κ2) is 13.7. The number of likely N-dealkylation sites (tertiary alicyclic amines) is 1. The number of carbonyl (C=O) groups excluding carboxylic acids is 2. The summed E-state index contributed by atoms with van der Waals surface area (Å²) < 4.78 is 29.6. The highest BCUT2D eigenvalue weighted by Gasteiger charge is 2.41. The molecule has 3 aromatic heterocycles. The summed E-state index contributed by atoms with van der Waals surface area (Å²) in [7, 11) is 1.47. The molecule has 0 radical (unpaired) electrons. The van der Waals surface area contributed by atoms with Crippen LogP contribution in [0.5, 0.6) is 5.75 Å². The molecule has 6 rings (SSSR count). The summed E-state index contributed by atoms with van der Waals surface area (Å²) in [5.41, 5.74) is -1.77. The Balaban J connectivity index is 1.58. The number of nitrogens with zero attached hydrogens (tertiary/aromatic N) is 6. The quantitative estimate of drug-likeness (QED) is 0.236. The lowest BCUT2D eigenvalue weighted by Gasteiger charge is -2.37. The highest BCUT2D eigenvalue weighted by atomic mass is 32.1. The van der Waals surface area contributed by atoms with Crippen LogP contribution in [0, 0.1) is 12.7 Å². The van der Waals surface area contributed by atoms with Crippen LogP contribution in [0.25, 0.3) is 15.2 Å². The normalized spacial score (nSPS) is 17.9. The number of fused-ring (bicyclic) bond motifs is 1. The van der Waals surface area contributed by atoms with Gasteiger partial charge in [0.25, 0.3) is 5.56 Å². The Bertz CT molecular complexity index is 1940. The fourth-order valence-electron chi connectivity index (χ4n) is 6.90. The SMILES string of the molecule is CCC(C)(C(=O)N1CCCCC1)n1c(=O)c2c(C)c(-n3nccn3)sc2n(C[C@H](OC2CCC(=O)CC2)c2cc(F)ccc2OC)c1=O. The lowest BCUT2D eigenvalue weighted by molar-refractivity contribution is -0.141. The van der Waals surface area contributed by atoms with Gasteiger partial charge in [0, 0.05) is 37.1 Å². The van der Waals surface area contributed by atoms with Gasteiger partial charge in [0.1, 0.15) is 38.8 Å². The average Bonchev–Trinajstić information content (AvgIpc) is 3.75. The van der Waals surface area contributed by atoms with Gasteiger partial charge < -0.3 is 14.4 Å². The van der Waals surface area contributed by atoms with Gasteiger partial charge in [-0.3, -0.25) is 19.0 Å². The summed E-state index contributed by atoms with van der Waals surface area (Å²) in [5, 5.41) is 9.36. The number of aromatic nitrogens is 5. The molecular weight excluding hydrogens is 639 g/mol. The molecule has 0 spiro atoms. The van der Waals surface area contributed by atoms with E-state index in [1.807, 2.05) is 0 Å². The van der Waals surface area contributed by atoms with Gasteiger partial charge in [-0.1, -0.05) is 18.3 Å². The maximum atomic E-state index is 14.8. The molecule has 1 saturated carbocycles. The van der Waals surface area contributed by atoms with E-state index in [4.69, 9.17) is 9.47 Å². The largest absolute Gasteiger partial charge is 0.496 e. The second-order valence-corrected chi connectivity index (χ2v) is 13.8. The molecule has 4 aromatic rings. The van der Waals surface area contributed by atoms with Crippen molar-refractivity contribution in [3.63, 3.8) is 0 Å². The van der Waals surface area contributed by atoms with Gasteiger partial charge in [-0.25, -0.2) is 13.8 Å². The Kier molecular flexibility index (Phi) is 9.66. The number of ether oxygens (including phenoxy) is 2. The molecule has 0 bridgehead atoms. The van der Waals surface area contributed by atoms with Gasteiger partial charge >= 0.3 is 5.69 Å². The topological polar surface area (TPSA) is 131 Å². The van der Waals surface area contributed by atoms with Crippen molar-refractivity contribution in [1.82, 2.24) is 29.0 Å². The third-order valence-electron chi connectivity index (χ3n) is 9.81. The standard InChI is InChI=1S/C34H41FN6O6S/c1-5-34(3,32(44)38-17-7-6-8-18-38)40-29(43)28-21(2)30(41-36-15-16-37-41)48-31(28)39(33(40)45)20-27(47-24-12-10-23(42)11-13-24)25-19-22(35)9-14-26(25)46-4/h9,14-16,19,24,27H,5-8,10-13,17-18,20H2,1-4H3/t27-,34?/m0/s1. The molecule has 14 heteroatoms. The Labute approximate surface area is 281 Å². The van der Waals surface area contributed by atoms with Crippen LogP contribution in [-0.4, -0.2) is 67.0 Å². The van der Waals surface area contributed by atoms with E-state index in [-0.39, 0.29) is 36.1 Å². The summed E-state index contributed by atoms with van der Waals surface area (Å²) in [5.74, 6) is -0.257. The van der Waals surface area contributed by atoms with E-state index < -0.39 is 28.7 Å². The first kappa shape index (κ1) is 33.7. The zero-order chi connectivity index (χ0) is 34.2. The van der Waals surface area contributed by atoms with E-state index >= 15 is 0 Å². The molecule has 1 aliphatic heterocycles. The number of benzene rings is 1. The molecule has 0 N–H and O–H groups in total. The van der Waals surface area contributed by atoms with Crippen LogP contribution in [-0.2, 0) is 26.4 Å². The van der Waals surface area contributed by atoms with Gasteiger partial charge in [0.15, 0.2) is 0 Å². The minimum absolute atomic E-state index is 0.122. The molecule has 1 aliphatic carbocycles. The summed E-state index contributed by atoms with van der Waals surface area (Å²) in [6, 6.07) is 4.12. The first-order valence-corrected chi connectivity index (χ1v) is 17.3. The van der Waals surface area contributed by atoms with Gasteiger partial charge in [-0.15, -0.1) is 4.80 Å². The number of methoxy groups -OCH3 is 1. The monoisotopic (exact) mass is 680 g/mol. The zero-order valence-corrected chi connectivity index (χ0v) is 28.6. The smallest absolute Gasteiger partial charge is 0.333 e. The Morgan fingerprint density at radius 3 is 2.44 bits per heavy atom. The van der Waals surface area contributed by atoms with Crippen LogP contribution in [0.3, 0.4) is 0 Å². The minimum atomic E-state index is -1.48. The van der Waals surface area contributed by atoms with Gasteiger partial charge in [0.05, 0.1) is 37.5 Å². The first-order valence-electron chi connectivity index (χ1n) is 16.5. The number of ketones is 1. The number of hydrogen-bond acceptors (Lipinski definition) is 9. The molecule has 256 valence electrons. The van der Waals surface area contributed by atoms with E-state index in [1.165, 1.54) is 58.4 Å².